The summed E-state index contributed by atoms with van der Waals surface area (Å²) in [4.78, 5) is 12.8. The van der Waals surface area contributed by atoms with Gasteiger partial charge in [-0.25, -0.2) is 8.42 Å². The van der Waals surface area contributed by atoms with E-state index in [9.17, 15) is 13.2 Å². The van der Waals surface area contributed by atoms with Gasteiger partial charge in [0.1, 0.15) is 0 Å². The number of carbonyl (C=O) groups excluding carboxylic acids is 1. The van der Waals surface area contributed by atoms with Gasteiger partial charge in [0.2, 0.25) is 0 Å². The Labute approximate surface area is 165 Å². The van der Waals surface area contributed by atoms with Gasteiger partial charge in [-0.1, -0.05) is 67.6 Å². The number of anilines is 1. The van der Waals surface area contributed by atoms with Gasteiger partial charge in [-0.2, -0.15) is 0 Å². The molecule has 0 aliphatic rings. The number of sulfonamides is 1. The first kappa shape index (κ1) is 19.6. The van der Waals surface area contributed by atoms with Gasteiger partial charge in [-0.3, -0.25) is 9.52 Å². The van der Waals surface area contributed by atoms with E-state index in [1.807, 2.05) is 37.3 Å². The number of rotatable bonds is 7. The maximum absolute atomic E-state index is 12.7. The fourth-order valence-electron chi connectivity index (χ4n) is 2.81. The average Bonchev–Trinajstić information content (AvgIpc) is 2.73. The number of carbonyl (C=O) groups is 1. The molecule has 5 nitrogen and oxygen atoms in total. The molecule has 0 spiro atoms. The summed E-state index contributed by atoms with van der Waals surface area (Å²) in [6, 6.07) is 24.5. The molecule has 0 radical (unpaired) electrons. The molecule has 0 aliphatic heterocycles. The largest absolute Gasteiger partial charge is 0.351 e. The molecule has 0 heterocycles. The van der Waals surface area contributed by atoms with Gasteiger partial charge in [-0.05, 0) is 35.7 Å². The van der Waals surface area contributed by atoms with Gasteiger partial charge in [-0.15, -0.1) is 0 Å². The average molecular weight is 394 g/mol. The summed E-state index contributed by atoms with van der Waals surface area (Å²) in [7, 11) is -3.77. The lowest BCUT2D eigenvalue weighted by Crippen LogP contribution is -2.28. The highest BCUT2D eigenvalue weighted by molar-refractivity contribution is 7.92. The van der Waals surface area contributed by atoms with E-state index in [2.05, 4.69) is 10.0 Å². The van der Waals surface area contributed by atoms with Crippen LogP contribution in [0.5, 0.6) is 0 Å². The third-order valence-electron chi connectivity index (χ3n) is 4.41. The molecular weight excluding hydrogens is 372 g/mol. The van der Waals surface area contributed by atoms with Crippen molar-refractivity contribution in [3.05, 3.63) is 96.1 Å². The fraction of sp³-hybridized carbons (Fsp3) is 0.136. The Morgan fingerprint density at radius 3 is 2.11 bits per heavy atom. The summed E-state index contributed by atoms with van der Waals surface area (Å²) in [5.74, 6) is -0.188. The Morgan fingerprint density at radius 2 is 1.43 bits per heavy atom. The number of para-hydroxylation sites is 1. The van der Waals surface area contributed by atoms with E-state index in [0.29, 0.717) is 6.54 Å². The van der Waals surface area contributed by atoms with Crippen LogP contribution < -0.4 is 10.0 Å². The minimum Gasteiger partial charge on any atom is -0.351 e. The Hall–Kier alpha value is -3.12. The normalized spacial score (nSPS) is 12.2. The van der Waals surface area contributed by atoms with Crippen LogP contribution in [0.1, 0.15) is 28.8 Å². The number of benzene rings is 3. The van der Waals surface area contributed by atoms with Crippen molar-refractivity contribution in [3.63, 3.8) is 0 Å². The topological polar surface area (TPSA) is 75.3 Å². The second kappa shape index (κ2) is 8.71. The summed E-state index contributed by atoms with van der Waals surface area (Å²) in [6.45, 7) is 2.47. The van der Waals surface area contributed by atoms with E-state index < -0.39 is 10.0 Å². The zero-order valence-corrected chi connectivity index (χ0v) is 16.3. The lowest BCUT2D eigenvalue weighted by atomic mass is 10.0. The predicted octanol–water partition coefficient (Wildman–Crippen LogP) is 4.02. The van der Waals surface area contributed by atoms with Gasteiger partial charge in [0.05, 0.1) is 16.1 Å². The predicted molar refractivity (Wildman–Crippen MR) is 111 cm³/mol. The molecule has 2 N–H and O–H groups in total. The van der Waals surface area contributed by atoms with Crippen LogP contribution >= 0.6 is 0 Å². The zero-order chi connectivity index (χ0) is 20.0. The molecule has 3 rings (SSSR count). The van der Waals surface area contributed by atoms with Crippen LogP contribution in [0, 0.1) is 0 Å². The molecule has 0 bridgehead atoms. The second-order valence-corrected chi connectivity index (χ2v) is 8.17. The molecule has 0 saturated heterocycles. The first-order chi connectivity index (χ1) is 13.5. The Kier molecular flexibility index (Phi) is 6.11. The molecule has 3 aromatic rings. The Balaban J connectivity index is 1.74. The number of hydrogen-bond donors (Lipinski definition) is 2. The van der Waals surface area contributed by atoms with Gasteiger partial charge in [0.25, 0.3) is 15.9 Å². The van der Waals surface area contributed by atoms with Crippen molar-refractivity contribution < 1.29 is 13.2 Å². The maximum atomic E-state index is 12.7. The van der Waals surface area contributed by atoms with Crippen LogP contribution in [0.3, 0.4) is 0 Å². The number of nitrogens with one attached hydrogen (secondary N) is 2. The lowest BCUT2D eigenvalue weighted by Gasteiger charge is -2.15. The first-order valence-corrected chi connectivity index (χ1v) is 10.5. The highest BCUT2D eigenvalue weighted by Gasteiger charge is 2.18. The highest BCUT2D eigenvalue weighted by Crippen LogP contribution is 2.20. The minimum atomic E-state index is -3.77. The molecule has 1 amide bonds. The molecule has 6 heteroatoms. The van der Waals surface area contributed by atoms with Crippen molar-refractivity contribution in [2.45, 2.75) is 17.7 Å². The summed E-state index contributed by atoms with van der Waals surface area (Å²) < 4.78 is 27.7. The van der Waals surface area contributed by atoms with Gasteiger partial charge >= 0.3 is 0 Å². The van der Waals surface area contributed by atoms with E-state index in [0.717, 1.165) is 5.56 Å². The molecular formula is C22H22N2O3S. The second-order valence-electron chi connectivity index (χ2n) is 6.49. The van der Waals surface area contributed by atoms with E-state index >= 15 is 0 Å². The van der Waals surface area contributed by atoms with E-state index in [1.54, 1.807) is 42.5 Å². The van der Waals surface area contributed by atoms with Crippen molar-refractivity contribution >= 4 is 21.6 Å². The smallest absolute Gasteiger partial charge is 0.261 e. The van der Waals surface area contributed by atoms with Gasteiger partial charge in [0, 0.05) is 6.54 Å². The van der Waals surface area contributed by atoms with Crippen LogP contribution in [0.25, 0.3) is 0 Å². The zero-order valence-electron chi connectivity index (χ0n) is 15.5. The molecule has 144 valence electrons. The summed E-state index contributed by atoms with van der Waals surface area (Å²) in [5, 5.41) is 2.89. The van der Waals surface area contributed by atoms with Crippen molar-refractivity contribution in [1.82, 2.24) is 5.32 Å². The van der Waals surface area contributed by atoms with Gasteiger partial charge < -0.3 is 5.32 Å². The number of amides is 1. The first-order valence-electron chi connectivity index (χ1n) is 8.97. The molecule has 0 saturated carbocycles. The molecule has 3 aromatic carbocycles. The third-order valence-corrected chi connectivity index (χ3v) is 5.79. The van der Waals surface area contributed by atoms with E-state index in [-0.39, 0.29) is 28.0 Å². The van der Waals surface area contributed by atoms with Crippen LogP contribution in [-0.2, 0) is 10.0 Å². The van der Waals surface area contributed by atoms with Crippen LogP contribution in [0.4, 0.5) is 5.69 Å². The van der Waals surface area contributed by atoms with Crippen molar-refractivity contribution in [3.8, 4) is 0 Å². The highest BCUT2D eigenvalue weighted by atomic mass is 32.2. The minimum absolute atomic E-state index is 0.137. The summed E-state index contributed by atoms with van der Waals surface area (Å²) >= 11 is 0. The molecule has 0 fully saturated rings. The molecule has 1 unspecified atom stereocenters. The third kappa shape index (κ3) is 4.78. The quantitative estimate of drug-likeness (QED) is 0.635. The van der Waals surface area contributed by atoms with Crippen molar-refractivity contribution in [2.75, 3.05) is 11.3 Å². The van der Waals surface area contributed by atoms with E-state index in [1.165, 1.54) is 12.1 Å². The monoisotopic (exact) mass is 394 g/mol. The maximum Gasteiger partial charge on any atom is 0.261 e. The Bertz CT molecular complexity index is 1040. The Morgan fingerprint density at radius 1 is 0.857 bits per heavy atom. The van der Waals surface area contributed by atoms with Crippen molar-refractivity contribution in [1.29, 1.82) is 0 Å². The van der Waals surface area contributed by atoms with Gasteiger partial charge in [0.15, 0.2) is 0 Å². The molecule has 1 atom stereocenters. The van der Waals surface area contributed by atoms with Crippen LogP contribution in [-0.4, -0.2) is 20.9 Å². The standard InChI is InChI=1S/C22H22N2O3S/c1-17(18-10-4-2-5-11-18)16-23-22(25)20-14-8-9-15-21(20)24-28(26,27)19-12-6-3-7-13-19/h2-15,17,24H,16H2,1H3,(H,23,25). The molecule has 0 aliphatic carbocycles. The summed E-state index contributed by atoms with van der Waals surface area (Å²) in [6.07, 6.45) is 0. The molecule has 28 heavy (non-hydrogen) atoms. The van der Waals surface area contributed by atoms with Crippen LogP contribution in [0.15, 0.2) is 89.8 Å². The lowest BCUT2D eigenvalue weighted by molar-refractivity contribution is 0.0952. The number of hydrogen-bond acceptors (Lipinski definition) is 3. The van der Waals surface area contributed by atoms with Crippen LogP contribution in [0.2, 0.25) is 0 Å². The molecule has 0 aromatic heterocycles. The summed E-state index contributed by atoms with van der Waals surface area (Å²) in [5.41, 5.74) is 1.65. The van der Waals surface area contributed by atoms with Crippen molar-refractivity contribution in [2.24, 2.45) is 0 Å². The fourth-order valence-corrected chi connectivity index (χ4v) is 3.91. The van der Waals surface area contributed by atoms with E-state index in [4.69, 9.17) is 0 Å². The SMILES string of the molecule is CC(CNC(=O)c1ccccc1NS(=O)(=O)c1ccccc1)c1ccccc1.